The van der Waals surface area contributed by atoms with Crippen LogP contribution < -0.4 is 10.2 Å². The SMILES string of the molecule is COc1ccc(B(O)O)c(CN2CCC(C)C2)c1. The number of nitrogens with zero attached hydrogens (tertiary/aromatic N) is 1. The average Bonchev–Trinajstić information content (AvgIpc) is 2.74. The molecule has 0 saturated carbocycles. The summed E-state index contributed by atoms with van der Waals surface area (Å²) < 4.78 is 5.19. The van der Waals surface area contributed by atoms with Crippen LogP contribution in [0.4, 0.5) is 0 Å². The van der Waals surface area contributed by atoms with Crippen LogP contribution in [-0.4, -0.2) is 42.3 Å². The second kappa shape index (κ2) is 5.74. The summed E-state index contributed by atoms with van der Waals surface area (Å²) in [5.74, 6) is 1.47. The molecule has 1 aliphatic rings. The van der Waals surface area contributed by atoms with Gasteiger partial charge in [-0.2, -0.15) is 0 Å². The fourth-order valence-electron chi connectivity index (χ4n) is 2.51. The van der Waals surface area contributed by atoms with Crippen LogP contribution in [0.3, 0.4) is 0 Å². The Morgan fingerprint density at radius 1 is 1.44 bits per heavy atom. The maximum Gasteiger partial charge on any atom is 0.488 e. The standard InChI is InChI=1S/C13H20BNO3/c1-10-5-6-15(8-10)9-11-7-12(18-2)3-4-13(11)14(16)17/h3-4,7,10,16-17H,5-6,8-9H2,1-2H3. The Labute approximate surface area is 108 Å². The number of methoxy groups -OCH3 is 1. The zero-order chi connectivity index (χ0) is 13.1. The van der Waals surface area contributed by atoms with Crippen molar-refractivity contribution in [3.05, 3.63) is 23.8 Å². The van der Waals surface area contributed by atoms with E-state index in [1.165, 1.54) is 6.42 Å². The maximum absolute atomic E-state index is 9.39. The van der Waals surface area contributed by atoms with Crippen LogP contribution in [0.15, 0.2) is 18.2 Å². The molecular formula is C13H20BNO3. The molecule has 1 aromatic carbocycles. The van der Waals surface area contributed by atoms with Crippen LogP contribution in [0.1, 0.15) is 18.9 Å². The Morgan fingerprint density at radius 3 is 2.78 bits per heavy atom. The van der Waals surface area contributed by atoms with E-state index in [1.807, 2.05) is 6.07 Å². The van der Waals surface area contributed by atoms with Crippen molar-refractivity contribution in [3.63, 3.8) is 0 Å². The summed E-state index contributed by atoms with van der Waals surface area (Å²) in [7, 11) is 0.192. The van der Waals surface area contributed by atoms with Crippen LogP contribution in [0.25, 0.3) is 0 Å². The minimum absolute atomic E-state index is 0.565. The lowest BCUT2D eigenvalue weighted by molar-refractivity contribution is 0.319. The Morgan fingerprint density at radius 2 is 2.22 bits per heavy atom. The first kappa shape index (κ1) is 13.4. The summed E-state index contributed by atoms with van der Waals surface area (Å²) in [5.41, 5.74) is 1.49. The molecule has 0 aromatic heterocycles. The van der Waals surface area contributed by atoms with Crippen LogP contribution in [-0.2, 0) is 6.54 Å². The molecule has 2 N–H and O–H groups in total. The molecule has 4 nitrogen and oxygen atoms in total. The monoisotopic (exact) mass is 249 g/mol. The summed E-state index contributed by atoms with van der Waals surface area (Å²) in [6.07, 6.45) is 1.21. The summed E-state index contributed by atoms with van der Waals surface area (Å²) in [4.78, 5) is 2.34. The molecular weight excluding hydrogens is 229 g/mol. The van der Waals surface area contributed by atoms with Gasteiger partial charge < -0.3 is 14.8 Å². The molecule has 5 heteroatoms. The number of hydrogen-bond acceptors (Lipinski definition) is 4. The Hall–Kier alpha value is -1.04. The molecule has 1 fully saturated rings. The van der Waals surface area contributed by atoms with Gasteiger partial charge in [0.1, 0.15) is 5.75 Å². The largest absolute Gasteiger partial charge is 0.497 e. The Bertz CT molecular complexity index is 411. The van der Waals surface area contributed by atoms with E-state index in [4.69, 9.17) is 4.74 Å². The lowest BCUT2D eigenvalue weighted by Crippen LogP contribution is -2.35. The van der Waals surface area contributed by atoms with E-state index in [1.54, 1.807) is 19.2 Å². The van der Waals surface area contributed by atoms with Crippen LogP contribution in [0, 0.1) is 5.92 Å². The van der Waals surface area contributed by atoms with Crippen molar-refractivity contribution in [2.24, 2.45) is 5.92 Å². The molecule has 1 atom stereocenters. The fourth-order valence-corrected chi connectivity index (χ4v) is 2.51. The molecule has 0 bridgehead atoms. The van der Waals surface area contributed by atoms with Gasteiger partial charge in [-0.15, -0.1) is 0 Å². The predicted molar refractivity (Wildman–Crippen MR) is 71.9 cm³/mol. The van der Waals surface area contributed by atoms with E-state index in [-0.39, 0.29) is 0 Å². The molecule has 1 aliphatic heterocycles. The van der Waals surface area contributed by atoms with Gasteiger partial charge in [0.05, 0.1) is 7.11 Å². The van der Waals surface area contributed by atoms with Crippen LogP contribution in [0.5, 0.6) is 5.75 Å². The highest BCUT2D eigenvalue weighted by atomic mass is 16.5. The van der Waals surface area contributed by atoms with Gasteiger partial charge in [-0.25, -0.2) is 0 Å². The number of benzene rings is 1. The molecule has 0 radical (unpaired) electrons. The highest BCUT2D eigenvalue weighted by Gasteiger charge is 2.22. The van der Waals surface area contributed by atoms with Crippen molar-refractivity contribution in [1.82, 2.24) is 4.90 Å². The highest BCUT2D eigenvalue weighted by molar-refractivity contribution is 6.59. The van der Waals surface area contributed by atoms with E-state index in [0.29, 0.717) is 5.46 Å². The molecule has 0 amide bonds. The van der Waals surface area contributed by atoms with E-state index >= 15 is 0 Å². The molecule has 1 heterocycles. The van der Waals surface area contributed by atoms with Crippen molar-refractivity contribution in [3.8, 4) is 5.75 Å². The van der Waals surface area contributed by atoms with Crippen LogP contribution in [0.2, 0.25) is 0 Å². The molecule has 1 aromatic rings. The van der Waals surface area contributed by atoms with Crippen molar-refractivity contribution in [2.45, 2.75) is 19.9 Å². The molecule has 0 aliphatic carbocycles. The second-order valence-electron chi connectivity index (χ2n) is 5.07. The zero-order valence-electron chi connectivity index (χ0n) is 11.0. The number of hydrogen-bond donors (Lipinski definition) is 2. The number of rotatable bonds is 4. The summed E-state index contributed by atoms with van der Waals surface area (Å²) >= 11 is 0. The first-order valence-corrected chi connectivity index (χ1v) is 6.35. The molecule has 1 saturated heterocycles. The van der Waals surface area contributed by atoms with Gasteiger partial charge in [-0.3, -0.25) is 4.90 Å². The van der Waals surface area contributed by atoms with Gasteiger partial charge in [-0.05, 0) is 42.0 Å². The van der Waals surface area contributed by atoms with Gasteiger partial charge >= 0.3 is 7.12 Å². The molecule has 2 rings (SSSR count). The first-order chi connectivity index (χ1) is 8.60. The maximum atomic E-state index is 9.39. The minimum Gasteiger partial charge on any atom is -0.497 e. The second-order valence-corrected chi connectivity index (χ2v) is 5.07. The molecule has 98 valence electrons. The number of likely N-dealkylation sites (tertiary alicyclic amines) is 1. The Kier molecular flexibility index (Phi) is 4.27. The Balaban J connectivity index is 2.18. The van der Waals surface area contributed by atoms with Gasteiger partial charge in [-0.1, -0.05) is 13.0 Å². The van der Waals surface area contributed by atoms with Crippen molar-refractivity contribution in [2.75, 3.05) is 20.2 Å². The van der Waals surface area contributed by atoms with E-state index < -0.39 is 7.12 Å². The summed E-state index contributed by atoms with van der Waals surface area (Å²) in [6, 6.07) is 5.36. The third-order valence-corrected chi connectivity index (χ3v) is 3.53. The number of ether oxygens (including phenoxy) is 1. The van der Waals surface area contributed by atoms with E-state index in [9.17, 15) is 10.0 Å². The topological polar surface area (TPSA) is 52.9 Å². The normalized spacial score (nSPS) is 20.1. The third-order valence-electron chi connectivity index (χ3n) is 3.53. The highest BCUT2D eigenvalue weighted by Crippen LogP contribution is 2.19. The first-order valence-electron chi connectivity index (χ1n) is 6.35. The van der Waals surface area contributed by atoms with Crippen LogP contribution >= 0.6 is 0 Å². The van der Waals surface area contributed by atoms with Crippen molar-refractivity contribution < 1.29 is 14.8 Å². The van der Waals surface area contributed by atoms with E-state index in [0.717, 1.165) is 36.9 Å². The zero-order valence-corrected chi connectivity index (χ0v) is 11.0. The fraction of sp³-hybridized carbons (Fsp3) is 0.538. The van der Waals surface area contributed by atoms with Gasteiger partial charge in [0.15, 0.2) is 0 Å². The third kappa shape index (κ3) is 3.04. The molecule has 1 unspecified atom stereocenters. The summed E-state index contributed by atoms with van der Waals surface area (Å²) in [5, 5.41) is 18.8. The lowest BCUT2D eigenvalue weighted by Gasteiger charge is -2.18. The smallest absolute Gasteiger partial charge is 0.488 e. The molecule has 0 spiro atoms. The van der Waals surface area contributed by atoms with E-state index in [2.05, 4.69) is 11.8 Å². The van der Waals surface area contributed by atoms with Gasteiger partial charge in [0.2, 0.25) is 0 Å². The van der Waals surface area contributed by atoms with Gasteiger partial charge in [0.25, 0.3) is 0 Å². The predicted octanol–water partition coefficient (Wildman–Crippen LogP) is 0.217. The van der Waals surface area contributed by atoms with Crippen molar-refractivity contribution in [1.29, 1.82) is 0 Å². The minimum atomic E-state index is -1.43. The summed E-state index contributed by atoms with van der Waals surface area (Å²) in [6.45, 7) is 5.12. The lowest BCUT2D eigenvalue weighted by atomic mass is 9.77. The van der Waals surface area contributed by atoms with Crippen molar-refractivity contribution >= 4 is 12.6 Å². The quantitative estimate of drug-likeness (QED) is 0.749. The molecule has 18 heavy (non-hydrogen) atoms. The average molecular weight is 249 g/mol. The van der Waals surface area contributed by atoms with Gasteiger partial charge in [0, 0.05) is 13.1 Å².